The minimum Gasteiger partial charge on any atom is -0.478 e. The van der Waals surface area contributed by atoms with E-state index in [-0.39, 0.29) is 11.7 Å². The normalized spacial score (nSPS) is 27.6. The molecule has 2 unspecified atom stereocenters. The summed E-state index contributed by atoms with van der Waals surface area (Å²) in [6.07, 6.45) is 1.99. The van der Waals surface area contributed by atoms with Crippen molar-refractivity contribution in [3.8, 4) is 0 Å². The zero-order valence-electron chi connectivity index (χ0n) is 10.3. The molecule has 0 spiro atoms. The Hall–Kier alpha value is -1.37. The number of carboxylic acids is 1. The van der Waals surface area contributed by atoms with E-state index in [1.54, 1.807) is 6.20 Å². The maximum Gasteiger partial charge on any atom is 0.337 e. The van der Waals surface area contributed by atoms with E-state index in [0.717, 1.165) is 0 Å². The first kappa shape index (κ1) is 13.1. The van der Waals surface area contributed by atoms with Crippen LogP contribution in [0.25, 0.3) is 0 Å². The fraction of sp³-hybridized carbons (Fsp3) is 0.583. The van der Waals surface area contributed by atoms with Crippen molar-refractivity contribution in [1.29, 1.82) is 0 Å². The number of carboxylic acid groups (broad SMARTS) is 1. The Labute approximate surface area is 105 Å². The highest BCUT2D eigenvalue weighted by Crippen LogP contribution is 2.24. The topological polar surface area (TPSA) is 94.6 Å². The van der Waals surface area contributed by atoms with Crippen LogP contribution < -0.4 is 5.32 Å². The molecule has 1 saturated heterocycles. The Kier molecular flexibility index (Phi) is 3.70. The molecule has 0 radical (unpaired) electrons. The number of aromatic amines is 1. The molecule has 6 heteroatoms. The monoisotopic (exact) mass is 254 g/mol. The van der Waals surface area contributed by atoms with Gasteiger partial charge in [0.05, 0.1) is 11.7 Å². The largest absolute Gasteiger partial charge is 0.478 e. The van der Waals surface area contributed by atoms with Crippen molar-refractivity contribution < 1.29 is 19.7 Å². The van der Waals surface area contributed by atoms with Gasteiger partial charge in [-0.2, -0.15) is 0 Å². The van der Waals surface area contributed by atoms with Gasteiger partial charge in [-0.25, -0.2) is 4.79 Å². The standard InChI is InChI=1S/C12H18N2O4/c1-8-12(17,3-5-18-8)7-13-6-10-9(11(15)16)2-4-14-10/h2,4,8,13-14,17H,3,5-7H2,1H3,(H,15,16). The molecule has 1 aliphatic rings. The number of nitrogens with one attached hydrogen (secondary N) is 2. The quantitative estimate of drug-likeness (QED) is 0.608. The average molecular weight is 254 g/mol. The first-order chi connectivity index (χ1) is 8.53. The zero-order valence-corrected chi connectivity index (χ0v) is 10.3. The summed E-state index contributed by atoms with van der Waals surface area (Å²) in [6, 6.07) is 1.52. The summed E-state index contributed by atoms with van der Waals surface area (Å²) in [5, 5.41) is 22.3. The summed E-state index contributed by atoms with van der Waals surface area (Å²) in [5.41, 5.74) is -0.00132. The molecule has 100 valence electrons. The molecule has 6 nitrogen and oxygen atoms in total. The molecule has 0 amide bonds. The minimum absolute atomic E-state index is 0.201. The molecule has 4 N–H and O–H groups in total. The second kappa shape index (κ2) is 5.09. The van der Waals surface area contributed by atoms with Gasteiger partial charge >= 0.3 is 5.97 Å². The molecule has 0 aromatic carbocycles. The number of aliphatic hydroxyl groups is 1. The van der Waals surface area contributed by atoms with E-state index >= 15 is 0 Å². The molecule has 0 bridgehead atoms. The van der Waals surface area contributed by atoms with Crippen molar-refractivity contribution in [2.75, 3.05) is 13.2 Å². The van der Waals surface area contributed by atoms with Crippen molar-refractivity contribution in [3.05, 3.63) is 23.5 Å². The Morgan fingerprint density at radius 1 is 1.72 bits per heavy atom. The van der Waals surface area contributed by atoms with Gasteiger partial charge in [0.25, 0.3) is 0 Å². The highest BCUT2D eigenvalue weighted by molar-refractivity contribution is 5.88. The number of rotatable bonds is 5. The molecule has 2 heterocycles. The molecular weight excluding hydrogens is 236 g/mol. The molecule has 0 saturated carbocycles. The smallest absolute Gasteiger partial charge is 0.337 e. The lowest BCUT2D eigenvalue weighted by atomic mass is 9.97. The summed E-state index contributed by atoms with van der Waals surface area (Å²) in [7, 11) is 0. The summed E-state index contributed by atoms with van der Waals surface area (Å²) in [6.45, 7) is 3.16. The Morgan fingerprint density at radius 2 is 2.50 bits per heavy atom. The molecule has 2 atom stereocenters. The Balaban J connectivity index is 1.89. The lowest BCUT2D eigenvalue weighted by Gasteiger charge is -2.26. The van der Waals surface area contributed by atoms with Gasteiger partial charge in [0, 0.05) is 38.0 Å². The predicted octanol–water partition coefficient (Wildman–Crippen LogP) is 0.342. The van der Waals surface area contributed by atoms with Crippen LogP contribution in [0.1, 0.15) is 29.4 Å². The number of aromatic carboxylic acids is 1. The fourth-order valence-corrected chi connectivity index (χ4v) is 2.16. The van der Waals surface area contributed by atoms with Gasteiger partial charge < -0.3 is 25.3 Å². The van der Waals surface area contributed by atoms with Crippen LogP contribution in [0.2, 0.25) is 0 Å². The minimum atomic E-state index is -0.954. The van der Waals surface area contributed by atoms with E-state index in [4.69, 9.17) is 9.84 Å². The van der Waals surface area contributed by atoms with Crippen LogP contribution in [-0.4, -0.2) is 46.0 Å². The Bertz CT molecular complexity index is 431. The van der Waals surface area contributed by atoms with Crippen molar-refractivity contribution in [1.82, 2.24) is 10.3 Å². The van der Waals surface area contributed by atoms with E-state index in [2.05, 4.69) is 10.3 Å². The molecule has 18 heavy (non-hydrogen) atoms. The first-order valence-corrected chi connectivity index (χ1v) is 5.97. The molecule has 0 aliphatic carbocycles. The maximum atomic E-state index is 10.9. The molecule has 1 aromatic heterocycles. The van der Waals surface area contributed by atoms with Gasteiger partial charge in [0.15, 0.2) is 0 Å². The van der Waals surface area contributed by atoms with Crippen LogP contribution in [0.3, 0.4) is 0 Å². The van der Waals surface area contributed by atoms with E-state index in [1.165, 1.54) is 6.07 Å². The predicted molar refractivity (Wildman–Crippen MR) is 64.4 cm³/mol. The number of hydrogen-bond donors (Lipinski definition) is 4. The van der Waals surface area contributed by atoms with Gasteiger partial charge in [-0.05, 0) is 13.0 Å². The van der Waals surface area contributed by atoms with Gasteiger partial charge in [-0.1, -0.05) is 0 Å². The summed E-state index contributed by atoms with van der Waals surface area (Å²) < 4.78 is 5.33. The van der Waals surface area contributed by atoms with Gasteiger partial charge in [0.1, 0.15) is 5.60 Å². The molecular formula is C12H18N2O4. The van der Waals surface area contributed by atoms with Gasteiger partial charge in [0.2, 0.25) is 0 Å². The third-order valence-corrected chi connectivity index (χ3v) is 3.46. The van der Waals surface area contributed by atoms with Crippen LogP contribution in [0.5, 0.6) is 0 Å². The summed E-state index contributed by atoms with van der Waals surface area (Å²) in [5.74, 6) is -0.954. The van der Waals surface area contributed by atoms with Crippen LogP contribution in [0.4, 0.5) is 0 Å². The second-order valence-electron chi connectivity index (χ2n) is 4.65. The zero-order chi connectivity index (χ0) is 13.2. The van der Waals surface area contributed by atoms with Crippen molar-refractivity contribution in [2.45, 2.75) is 31.6 Å². The summed E-state index contributed by atoms with van der Waals surface area (Å²) in [4.78, 5) is 13.8. The van der Waals surface area contributed by atoms with Gasteiger partial charge in [-0.3, -0.25) is 0 Å². The second-order valence-corrected chi connectivity index (χ2v) is 4.65. The highest BCUT2D eigenvalue weighted by Gasteiger charge is 2.39. The molecule has 1 aliphatic heterocycles. The SMILES string of the molecule is CC1OCCC1(O)CNCc1[nH]ccc1C(=O)O. The van der Waals surface area contributed by atoms with Gasteiger partial charge in [-0.15, -0.1) is 0 Å². The molecule has 2 rings (SSSR count). The van der Waals surface area contributed by atoms with Crippen LogP contribution in [0, 0.1) is 0 Å². The number of carbonyl (C=O) groups is 1. The average Bonchev–Trinajstić information content (AvgIpc) is 2.88. The summed E-state index contributed by atoms with van der Waals surface area (Å²) >= 11 is 0. The number of ether oxygens (including phenoxy) is 1. The fourth-order valence-electron chi connectivity index (χ4n) is 2.16. The van der Waals surface area contributed by atoms with Crippen molar-refractivity contribution >= 4 is 5.97 Å². The number of H-pyrrole nitrogens is 1. The van der Waals surface area contributed by atoms with Crippen molar-refractivity contribution in [3.63, 3.8) is 0 Å². The number of hydrogen-bond acceptors (Lipinski definition) is 4. The van der Waals surface area contributed by atoms with E-state index in [0.29, 0.717) is 31.8 Å². The lowest BCUT2D eigenvalue weighted by Crippen LogP contribution is -2.45. The van der Waals surface area contributed by atoms with Crippen LogP contribution in [0.15, 0.2) is 12.3 Å². The Morgan fingerprint density at radius 3 is 3.11 bits per heavy atom. The van der Waals surface area contributed by atoms with Crippen LogP contribution >= 0.6 is 0 Å². The van der Waals surface area contributed by atoms with E-state index in [9.17, 15) is 9.90 Å². The van der Waals surface area contributed by atoms with Crippen LogP contribution in [-0.2, 0) is 11.3 Å². The first-order valence-electron chi connectivity index (χ1n) is 5.97. The third kappa shape index (κ3) is 2.55. The third-order valence-electron chi connectivity index (χ3n) is 3.46. The maximum absolute atomic E-state index is 10.9. The lowest BCUT2D eigenvalue weighted by molar-refractivity contribution is -0.0263. The highest BCUT2D eigenvalue weighted by atomic mass is 16.5. The number of aromatic nitrogens is 1. The molecule has 1 fully saturated rings. The van der Waals surface area contributed by atoms with E-state index < -0.39 is 11.6 Å². The molecule has 1 aromatic rings. The van der Waals surface area contributed by atoms with E-state index in [1.807, 2.05) is 6.92 Å². The van der Waals surface area contributed by atoms with Crippen molar-refractivity contribution in [2.24, 2.45) is 0 Å².